The summed E-state index contributed by atoms with van der Waals surface area (Å²) in [6.45, 7) is 10.0. The number of methoxy groups -OCH3 is 1. The van der Waals surface area contributed by atoms with E-state index in [-0.39, 0.29) is 24.0 Å². The number of ketones is 1. The van der Waals surface area contributed by atoms with E-state index in [1.54, 1.807) is 24.3 Å². The Bertz CT molecular complexity index is 1400. The van der Waals surface area contributed by atoms with E-state index in [0.717, 1.165) is 49.0 Å². The van der Waals surface area contributed by atoms with E-state index in [2.05, 4.69) is 33.8 Å². The van der Waals surface area contributed by atoms with Crippen LogP contribution in [0.5, 0.6) is 11.5 Å². The zero-order valence-corrected chi connectivity index (χ0v) is 24.9. The van der Waals surface area contributed by atoms with Gasteiger partial charge < -0.3 is 18.9 Å². The number of rotatable bonds is 8. The molecule has 3 aliphatic rings. The summed E-state index contributed by atoms with van der Waals surface area (Å²) in [6, 6.07) is 8.48. The van der Waals surface area contributed by atoms with Gasteiger partial charge in [0.1, 0.15) is 28.4 Å². The van der Waals surface area contributed by atoms with Gasteiger partial charge >= 0.3 is 11.9 Å². The van der Waals surface area contributed by atoms with Crippen LogP contribution in [0.4, 0.5) is 0 Å². The van der Waals surface area contributed by atoms with Gasteiger partial charge in [-0.1, -0.05) is 43.5 Å². The minimum absolute atomic E-state index is 0.0106. The maximum Gasteiger partial charge on any atom is 0.345 e. The van der Waals surface area contributed by atoms with Crippen LogP contribution < -0.4 is 9.47 Å². The highest BCUT2D eigenvalue weighted by Gasteiger charge is 2.52. The molecule has 218 valence electrons. The minimum atomic E-state index is -1.68. The first-order valence-electron chi connectivity index (χ1n) is 14.7. The Labute approximate surface area is 242 Å². The summed E-state index contributed by atoms with van der Waals surface area (Å²) in [5, 5.41) is 0. The smallest absolute Gasteiger partial charge is 0.345 e. The molecule has 0 spiro atoms. The molecule has 0 aromatic heterocycles. The Morgan fingerprint density at radius 2 is 1.80 bits per heavy atom. The number of aryl methyl sites for hydroxylation is 1. The van der Waals surface area contributed by atoms with Crippen molar-refractivity contribution < 1.29 is 33.3 Å². The molecule has 7 heteroatoms. The third-order valence-corrected chi connectivity index (χ3v) is 8.72. The van der Waals surface area contributed by atoms with Gasteiger partial charge in [-0.2, -0.15) is 0 Å². The third kappa shape index (κ3) is 5.27. The number of carbonyl (C=O) groups is 3. The number of fused-ring (bicyclic) bond motifs is 5. The summed E-state index contributed by atoms with van der Waals surface area (Å²) in [6.07, 6.45) is 7.74. The second-order valence-electron chi connectivity index (χ2n) is 12.2. The molecule has 1 aliphatic carbocycles. The highest BCUT2D eigenvalue weighted by atomic mass is 16.7. The Balaban J connectivity index is 1.72. The first-order chi connectivity index (χ1) is 19.5. The van der Waals surface area contributed by atoms with Crippen LogP contribution in [0.2, 0.25) is 0 Å². The first-order valence-corrected chi connectivity index (χ1v) is 14.7. The van der Waals surface area contributed by atoms with Gasteiger partial charge in [-0.15, -0.1) is 0 Å². The highest BCUT2D eigenvalue weighted by Crippen LogP contribution is 2.57. The van der Waals surface area contributed by atoms with Crippen molar-refractivity contribution in [3.63, 3.8) is 0 Å². The van der Waals surface area contributed by atoms with Gasteiger partial charge in [-0.3, -0.25) is 4.79 Å². The topological polar surface area (TPSA) is 88.1 Å². The SMILES string of the molecule is CCCCCc1cc2c(c3c1C(=O)OC(CC(C)=O)(c1ccc(C(=O)OC)cc1)O3)C1C=C(C)CCC1C(C)(C)O2. The molecular weight excluding hydrogens is 520 g/mol. The van der Waals surface area contributed by atoms with E-state index in [1.807, 2.05) is 6.07 Å². The summed E-state index contributed by atoms with van der Waals surface area (Å²) >= 11 is 0. The predicted molar refractivity (Wildman–Crippen MR) is 154 cm³/mol. The molecule has 2 aromatic carbocycles. The van der Waals surface area contributed by atoms with Crippen LogP contribution in [-0.4, -0.2) is 30.4 Å². The van der Waals surface area contributed by atoms with Crippen molar-refractivity contribution in [2.45, 2.75) is 96.9 Å². The van der Waals surface area contributed by atoms with Gasteiger partial charge in [0.25, 0.3) is 5.79 Å². The van der Waals surface area contributed by atoms with Crippen molar-refractivity contribution in [2.75, 3.05) is 7.11 Å². The average Bonchev–Trinajstić information content (AvgIpc) is 2.91. The van der Waals surface area contributed by atoms with E-state index in [4.69, 9.17) is 18.9 Å². The summed E-state index contributed by atoms with van der Waals surface area (Å²) in [5.74, 6) is -1.54. The molecule has 0 amide bonds. The Hall–Kier alpha value is -3.61. The van der Waals surface area contributed by atoms with Crippen molar-refractivity contribution in [2.24, 2.45) is 5.92 Å². The van der Waals surface area contributed by atoms with Crippen molar-refractivity contribution >= 4 is 17.7 Å². The molecule has 0 saturated carbocycles. The molecule has 0 radical (unpaired) electrons. The lowest BCUT2D eigenvalue weighted by Gasteiger charge is -2.48. The van der Waals surface area contributed by atoms with Gasteiger partial charge in [0, 0.05) is 23.0 Å². The van der Waals surface area contributed by atoms with Gasteiger partial charge in [-0.05, 0) is 77.1 Å². The molecule has 2 aromatic rings. The Morgan fingerprint density at radius 1 is 1.07 bits per heavy atom. The van der Waals surface area contributed by atoms with Crippen molar-refractivity contribution in [1.82, 2.24) is 0 Å². The van der Waals surface area contributed by atoms with E-state index in [0.29, 0.717) is 28.9 Å². The molecule has 3 atom stereocenters. The number of cyclic esters (lactones) is 1. The van der Waals surface area contributed by atoms with E-state index >= 15 is 0 Å². The van der Waals surface area contributed by atoms with Crippen LogP contribution in [-0.2, 0) is 26.5 Å². The lowest BCUT2D eigenvalue weighted by molar-refractivity contribution is -0.172. The average molecular weight is 561 g/mol. The summed E-state index contributed by atoms with van der Waals surface area (Å²) in [5.41, 5.74) is 3.80. The second-order valence-corrected chi connectivity index (χ2v) is 12.2. The largest absolute Gasteiger partial charge is 0.487 e. The number of carbonyl (C=O) groups excluding carboxylic acids is 3. The van der Waals surface area contributed by atoms with Crippen LogP contribution in [0.3, 0.4) is 0 Å². The molecule has 0 fully saturated rings. The molecule has 0 N–H and O–H groups in total. The van der Waals surface area contributed by atoms with E-state index in [1.165, 1.54) is 19.6 Å². The van der Waals surface area contributed by atoms with Gasteiger partial charge in [-0.25, -0.2) is 9.59 Å². The highest BCUT2D eigenvalue weighted by molar-refractivity contribution is 5.97. The van der Waals surface area contributed by atoms with Crippen molar-refractivity contribution in [3.05, 3.63) is 69.8 Å². The zero-order valence-electron chi connectivity index (χ0n) is 24.9. The summed E-state index contributed by atoms with van der Waals surface area (Å²) in [7, 11) is 1.32. The lowest BCUT2D eigenvalue weighted by Crippen LogP contribution is -2.48. The van der Waals surface area contributed by atoms with Crippen molar-refractivity contribution in [3.8, 4) is 11.5 Å². The summed E-state index contributed by atoms with van der Waals surface area (Å²) < 4.78 is 24.5. The normalized spacial score (nSPS) is 24.0. The minimum Gasteiger partial charge on any atom is -0.487 e. The molecule has 0 bridgehead atoms. The molecular formula is C34H40O7. The molecule has 3 unspecified atom stereocenters. The predicted octanol–water partition coefficient (Wildman–Crippen LogP) is 7.20. The third-order valence-electron chi connectivity index (χ3n) is 8.72. The Morgan fingerprint density at radius 3 is 2.46 bits per heavy atom. The van der Waals surface area contributed by atoms with Crippen LogP contribution in [0.25, 0.3) is 0 Å². The monoisotopic (exact) mass is 560 g/mol. The van der Waals surface area contributed by atoms with Crippen LogP contribution in [0.1, 0.15) is 116 Å². The van der Waals surface area contributed by atoms with Crippen LogP contribution in [0.15, 0.2) is 42.0 Å². The number of esters is 2. The fourth-order valence-electron chi connectivity index (χ4n) is 6.67. The van der Waals surface area contributed by atoms with Gasteiger partial charge in [0.05, 0.1) is 19.1 Å². The number of unbranched alkanes of at least 4 members (excludes halogenated alkanes) is 2. The standard InChI is InChI=1S/C34H40O7/c1-7-8-9-10-23-18-27-29(25-17-20(2)11-16-26(25)33(4,5)39-27)30-28(23)32(37)41-34(40-30,19-21(3)35)24-14-12-22(13-15-24)31(36)38-6/h12-15,17-18,25-26H,7-11,16,19H2,1-6H3. The zero-order chi connectivity index (χ0) is 29.5. The molecule has 0 saturated heterocycles. The van der Waals surface area contributed by atoms with Crippen LogP contribution in [0, 0.1) is 5.92 Å². The Kier molecular flexibility index (Phi) is 7.75. The number of benzene rings is 2. The number of ether oxygens (including phenoxy) is 4. The molecule has 7 nitrogen and oxygen atoms in total. The quantitative estimate of drug-likeness (QED) is 0.192. The number of allylic oxidation sites excluding steroid dienone is 2. The van der Waals surface area contributed by atoms with E-state index < -0.39 is 23.3 Å². The van der Waals surface area contributed by atoms with Gasteiger partial charge in [0.15, 0.2) is 0 Å². The van der Waals surface area contributed by atoms with Crippen molar-refractivity contribution in [1.29, 1.82) is 0 Å². The summed E-state index contributed by atoms with van der Waals surface area (Å²) in [4.78, 5) is 38.7. The molecule has 2 aliphatic heterocycles. The fraction of sp³-hybridized carbons (Fsp3) is 0.500. The fourth-order valence-corrected chi connectivity index (χ4v) is 6.67. The second kappa shape index (κ2) is 11.0. The first kappa shape index (κ1) is 28.9. The number of Topliss-reactive ketones (excluding diaryl/α,β-unsaturated/α-hetero) is 1. The lowest BCUT2D eigenvalue weighted by atomic mass is 9.67. The number of hydrogen-bond acceptors (Lipinski definition) is 7. The van der Waals surface area contributed by atoms with Gasteiger partial charge in [0.2, 0.25) is 0 Å². The molecule has 41 heavy (non-hydrogen) atoms. The molecule has 2 heterocycles. The maximum absolute atomic E-state index is 14.0. The number of hydrogen-bond donors (Lipinski definition) is 0. The maximum atomic E-state index is 14.0. The van der Waals surface area contributed by atoms with Crippen LogP contribution >= 0.6 is 0 Å². The van der Waals surface area contributed by atoms with E-state index in [9.17, 15) is 14.4 Å². The molecule has 5 rings (SSSR count).